The van der Waals surface area contributed by atoms with Gasteiger partial charge < -0.3 is 9.64 Å². The van der Waals surface area contributed by atoms with Gasteiger partial charge in [0.1, 0.15) is 5.75 Å². The van der Waals surface area contributed by atoms with Crippen molar-refractivity contribution in [1.29, 1.82) is 0 Å². The summed E-state index contributed by atoms with van der Waals surface area (Å²) in [5, 5.41) is 0. The Labute approximate surface area is 142 Å². The number of hydrogen-bond donors (Lipinski definition) is 0. The molecule has 0 saturated carbocycles. The maximum absolute atomic E-state index is 12.7. The molecule has 2 rings (SSSR count). The summed E-state index contributed by atoms with van der Waals surface area (Å²) in [5.74, 6) is 0.533. The molecule has 128 valence electrons. The summed E-state index contributed by atoms with van der Waals surface area (Å²) in [7, 11) is 0.0315. The fourth-order valence-corrected chi connectivity index (χ4v) is 3.07. The van der Waals surface area contributed by atoms with E-state index in [-0.39, 0.29) is 16.8 Å². The van der Waals surface area contributed by atoms with Crippen molar-refractivity contribution in [3.63, 3.8) is 0 Å². The van der Waals surface area contributed by atoms with Gasteiger partial charge in [0.15, 0.2) is 9.84 Å². The van der Waals surface area contributed by atoms with Crippen molar-refractivity contribution in [2.75, 3.05) is 20.4 Å². The van der Waals surface area contributed by atoms with Crippen molar-refractivity contribution in [3.05, 3.63) is 59.7 Å². The first-order valence-electron chi connectivity index (χ1n) is 7.46. The lowest BCUT2D eigenvalue weighted by molar-refractivity contribution is 0.0741. The quantitative estimate of drug-likeness (QED) is 0.834. The summed E-state index contributed by atoms with van der Waals surface area (Å²) in [4.78, 5) is 14.5. The summed E-state index contributed by atoms with van der Waals surface area (Å²) >= 11 is 0. The van der Waals surface area contributed by atoms with Crippen LogP contribution < -0.4 is 4.74 Å². The molecule has 0 spiro atoms. The van der Waals surface area contributed by atoms with Gasteiger partial charge in [0.05, 0.1) is 18.0 Å². The summed E-state index contributed by atoms with van der Waals surface area (Å²) in [5.41, 5.74) is 1.34. The van der Waals surface area contributed by atoms with E-state index in [9.17, 15) is 13.2 Å². The van der Waals surface area contributed by atoms with E-state index in [4.69, 9.17) is 4.74 Å². The van der Waals surface area contributed by atoms with E-state index >= 15 is 0 Å². The van der Waals surface area contributed by atoms with Crippen LogP contribution in [-0.2, 0) is 9.84 Å². The Morgan fingerprint density at radius 1 is 1.08 bits per heavy atom. The molecular weight excluding hydrogens is 326 g/mol. The summed E-state index contributed by atoms with van der Waals surface area (Å²) < 4.78 is 28.4. The Morgan fingerprint density at radius 3 is 2.21 bits per heavy atom. The monoisotopic (exact) mass is 347 g/mol. The normalized spacial score (nSPS) is 12.5. The van der Waals surface area contributed by atoms with E-state index in [2.05, 4.69) is 0 Å². The van der Waals surface area contributed by atoms with Crippen LogP contribution in [-0.4, -0.2) is 39.6 Å². The number of hydrogen-bond acceptors (Lipinski definition) is 4. The molecule has 0 fully saturated rings. The first-order chi connectivity index (χ1) is 11.3. The van der Waals surface area contributed by atoms with E-state index in [1.165, 1.54) is 24.3 Å². The highest BCUT2D eigenvalue weighted by Gasteiger charge is 2.21. The topological polar surface area (TPSA) is 63.7 Å². The maximum Gasteiger partial charge on any atom is 0.254 e. The van der Waals surface area contributed by atoms with Crippen molar-refractivity contribution >= 4 is 15.7 Å². The van der Waals surface area contributed by atoms with Crippen LogP contribution >= 0.6 is 0 Å². The minimum absolute atomic E-state index is 0.187. The molecule has 0 aliphatic heterocycles. The third-order valence-electron chi connectivity index (χ3n) is 4.02. The van der Waals surface area contributed by atoms with Crippen molar-refractivity contribution in [2.24, 2.45) is 0 Å². The molecule has 0 heterocycles. The molecule has 2 aromatic carbocycles. The molecule has 0 N–H and O–H groups in total. The standard InChI is InChI=1S/C18H21NO4S/c1-13(16-7-5-6-8-17(16)23-3)19(2)18(20)14-9-11-15(12-10-14)24(4,21)22/h5-13H,1-4H3/t13-/m0/s1. The molecule has 6 heteroatoms. The summed E-state index contributed by atoms with van der Waals surface area (Å²) in [6.45, 7) is 1.92. The van der Waals surface area contributed by atoms with Gasteiger partial charge in [-0.15, -0.1) is 0 Å². The number of amides is 1. The third kappa shape index (κ3) is 3.76. The molecule has 0 saturated heterocycles. The van der Waals surface area contributed by atoms with Gasteiger partial charge in [-0.3, -0.25) is 4.79 Å². The van der Waals surface area contributed by atoms with Gasteiger partial charge in [-0.25, -0.2) is 8.42 Å². The molecule has 1 atom stereocenters. The molecule has 0 bridgehead atoms. The molecule has 0 aliphatic carbocycles. The van der Waals surface area contributed by atoms with Gasteiger partial charge in [0, 0.05) is 24.4 Å². The molecule has 0 radical (unpaired) electrons. The second-order valence-electron chi connectivity index (χ2n) is 5.63. The molecule has 24 heavy (non-hydrogen) atoms. The number of methoxy groups -OCH3 is 1. The van der Waals surface area contributed by atoms with Crippen molar-refractivity contribution in [2.45, 2.75) is 17.9 Å². The number of carbonyl (C=O) groups excluding carboxylic acids is 1. The molecule has 0 aromatic heterocycles. The van der Waals surface area contributed by atoms with Gasteiger partial charge in [0.2, 0.25) is 0 Å². The van der Waals surface area contributed by atoms with Crippen molar-refractivity contribution < 1.29 is 17.9 Å². The zero-order valence-corrected chi connectivity index (χ0v) is 15.0. The molecule has 2 aromatic rings. The van der Waals surface area contributed by atoms with E-state index < -0.39 is 9.84 Å². The Hall–Kier alpha value is -2.34. The van der Waals surface area contributed by atoms with Gasteiger partial charge in [-0.05, 0) is 37.3 Å². The zero-order valence-electron chi connectivity index (χ0n) is 14.2. The number of ether oxygens (including phenoxy) is 1. The van der Waals surface area contributed by atoms with Crippen LogP contribution in [0.5, 0.6) is 5.75 Å². The maximum atomic E-state index is 12.7. The molecule has 5 nitrogen and oxygen atoms in total. The molecule has 1 amide bonds. The second kappa shape index (κ2) is 7.05. The molecular formula is C18H21NO4S. The van der Waals surface area contributed by atoms with Gasteiger partial charge in [-0.2, -0.15) is 0 Å². The van der Waals surface area contributed by atoms with Crippen LogP contribution in [0.2, 0.25) is 0 Å². The molecule has 0 aliphatic rings. The largest absolute Gasteiger partial charge is 0.496 e. The van der Waals surface area contributed by atoms with Crippen molar-refractivity contribution in [3.8, 4) is 5.75 Å². The Balaban J connectivity index is 2.25. The second-order valence-corrected chi connectivity index (χ2v) is 7.65. The lowest BCUT2D eigenvalue weighted by Crippen LogP contribution is -2.29. The predicted octanol–water partition coefficient (Wildman–Crippen LogP) is 2.93. The van der Waals surface area contributed by atoms with Gasteiger partial charge in [-0.1, -0.05) is 18.2 Å². The van der Waals surface area contributed by atoms with Crippen LogP contribution in [0.1, 0.15) is 28.9 Å². The first kappa shape index (κ1) is 18.0. The van der Waals surface area contributed by atoms with E-state index in [1.807, 2.05) is 31.2 Å². The number of rotatable bonds is 5. The SMILES string of the molecule is COc1ccccc1[C@H](C)N(C)C(=O)c1ccc(S(C)(=O)=O)cc1. The average molecular weight is 347 g/mol. The number of carbonyl (C=O) groups is 1. The van der Waals surface area contributed by atoms with E-state index in [0.717, 1.165) is 17.6 Å². The van der Waals surface area contributed by atoms with Gasteiger partial charge in [0.25, 0.3) is 5.91 Å². The van der Waals surface area contributed by atoms with Crippen LogP contribution in [0.3, 0.4) is 0 Å². The zero-order chi connectivity index (χ0) is 17.9. The smallest absolute Gasteiger partial charge is 0.254 e. The third-order valence-corrected chi connectivity index (χ3v) is 5.15. The predicted molar refractivity (Wildman–Crippen MR) is 93.1 cm³/mol. The van der Waals surface area contributed by atoms with Crippen LogP contribution in [0.15, 0.2) is 53.4 Å². The lowest BCUT2D eigenvalue weighted by Gasteiger charge is -2.26. The molecule has 0 unspecified atom stereocenters. The Morgan fingerprint density at radius 2 is 1.67 bits per heavy atom. The average Bonchev–Trinajstić information content (AvgIpc) is 2.59. The lowest BCUT2D eigenvalue weighted by atomic mass is 10.0. The Bertz CT molecular complexity index is 828. The summed E-state index contributed by atoms with van der Waals surface area (Å²) in [6, 6.07) is 13.3. The highest BCUT2D eigenvalue weighted by molar-refractivity contribution is 7.90. The first-order valence-corrected chi connectivity index (χ1v) is 9.35. The number of sulfone groups is 1. The van der Waals surface area contributed by atoms with Crippen molar-refractivity contribution in [1.82, 2.24) is 4.90 Å². The summed E-state index contributed by atoms with van der Waals surface area (Å²) in [6.07, 6.45) is 1.14. The van der Waals surface area contributed by atoms with Crippen LogP contribution in [0, 0.1) is 0 Å². The van der Waals surface area contributed by atoms with Gasteiger partial charge >= 0.3 is 0 Å². The fourth-order valence-electron chi connectivity index (χ4n) is 2.44. The minimum Gasteiger partial charge on any atom is -0.496 e. The van der Waals surface area contributed by atoms with E-state index in [0.29, 0.717) is 5.56 Å². The number of benzene rings is 2. The van der Waals surface area contributed by atoms with Crippen LogP contribution in [0.4, 0.5) is 0 Å². The van der Waals surface area contributed by atoms with E-state index in [1.54, 1.807) is 19.1 Å². The highest BCUT2D eigenvalue weighted by Crippen LogP contribution is 2.29. The number of para-hydroxylation sites is 1. The minimum atomic E-state index is -3.28. The number of nitrogens with zero attached hydrogens (tertiary/aromatic N) is 1. The fraction of sp³-hybridized carbons (Fsp3) is 0.278. The van der Waals surface area contributed by atoms with Crippen LogP contribution in [0.25, 0.3) is 0 Å². The highest BCUT2D eigenvalue weighted by atomic mass is 32.2. The Kier molecular flexibility index (Phi) is 5.29.